The van der Waals surface area contributed by atoms with Crippen LogP contribution in [0.15, 0.2) is 36.5 Å². The maximum Gasteiger partial charge on any atom is 0.252 e. The average Bonchev–Trinajstić information content (AvgIpc) is 2.50. The van der Waals surface area contributed by atoms with Crippen molar-refractivity contribution in [3.05, 3.63) is 42.1 Å². The molecule has 0 fully saturated rings. The van der Waals surface area contributed by atoms with Gasteiger partial charge < -0.3 is 5.32 Å². The second kappa shape index (κ2) is 7.85. The second-order valence-electron chi connectivity index (χ2n) is 4.73. The number of unbranched alkanes of at least 4 members (excludes halogenated alkanes) is 3. The molecule has 4 heteroatoms. The third-order valence-corrected chi connectivity index (χ3v) is 3.51. The molecule has 3 nitrogen and oxygen atoms in total. The molecule has 0 aliphatic rings. The molecule has 1 amide bonds. The van der Waals surface area contributed by atoms with E-state index in [0.29, 0.717) is 12.1 Å². The largest absolute Gasteiger partial charge is 0.352 e. The van der Waals surface area contributed by atoms with E-state index in [0.717, 1.165) is 42.5 Å². The highest BCUT2D eigenvalue weighted by molar-refractivity contribution is 6.17. The Labute approximate surface area is 124 Å². The summed E-state index contributed by atoms with van der Waals surface area (Å²) in [6.45, 7) is 0.706. The molecular formula is C16H19ClN2O. The Bertz CT molecular complexity index is 566. The van der Waals surface area contributed by atoms with Crippen molar-refractivity contribution >= 4 is 28.4 Å². The summed E-state index contributed by atoms with van der Waals surface area (Å²) in [5.74, 6) is 0.691. The molecule has 0 bridgehead atoms. The Morgan fingerprint density at radius 2 is 1.90 bits per heavy atom. The summed E-state index contributed by atoms with van der Waals surface area (Å²) < 4.78 is 0. The maximum absolute atomic E-state index is 12.2. The van der Waals surface area contributed by atoms with Gasteiger partial charge in [-0.15, -0.1) is 11.6 Å². The van der Waals surface area contributed by atoms with Crippen molar-refractivity contribution in [2.75, 3.05) is 12.4 Å². The highest BCUT2D eigenvalue weighted by Crippen LogP contribution is 2.15. The predicted octanol–water partition coefficient (Wildman–Crippen LogP) is 3.76. The fourth-order valence-corrected chi connectivity index (χ4v) is 2.35. The number of alkyl halides is 1. The first-order valence-corrected chi connectivity index (χ1v) is 7.54. The van der Waals surface area contributed by atoms with E-state index in [1.165, 1.54) is 0 Å². The molecule has 1 aromatic heterocycles. The lowest BCUT2D eigenvalue weighted by molar-refractivity contribution is 0.0954. The topological polar surface area (TPSA) is 42.0 Å². The Hall–Kier alpha value is -1.61. The summed E-state index contributed by atoms with van der Waals surface area (Å²) in [6, 6.07) is 9.46. The first kappa shape index (κ1) is 14.8. The molecule has 0 aliphatic heterocycles. The summed E-state index contributed by atoms with van der Waals surface area (Å²) in [5, 5.41) is 3.87. The lowest BCUT2D eigenvalue weighted by Crippen LogP contribution is -2.24. The lowest BCUT2D eigenvalue weighted by atomic mass is 10.1. The third kappa shape index (κ3) is 3.94. The molecule has 0 atom stereocenters. The highest BCUT2D eigenvalue weighted by atomic mass is 35.5. The molecule has 0 aliphatic carbocycles. The van der Waals surface area contributed by atoms with Crippen molar-refractivity contribution in [3.63, 3.8) is 0 Å². The van der Waals surface area contributed by atoms with Gasteiger partial charge in [0.25, 0.3) is 5.91 Å². The van der Waals surface area contributed by atoms with Crippen LogP contribution in [0.3, 0.4) is 0 Å². The first-order chi connectivity index (χ1) is 9.83. The predicted molar refractivity (Wildman–Crippen MR) is 83.3 cm³/mol. The summed E-state index contributed by atoms with van der Waals surface area (Å²) >= 11 is 5.62. The van der Waals surface area contributed by atoms with Gasteiger partial charge in [0.1, 0.15) is 0 Å². The van der Waals surface area contributed by atoms with Crippen LogP contribution in [-0.2, 0) is 0 Å². The number of nitrogens with one attached hydrogen (secondary N) is 1. The molecule has 106 valence electrons. The molecule has 2 aromatic rings. The fraction of sp³-hybridized carbons (Fsp3) is 0.375. The number of benzene rings is 1. The van der Waals surface area contributed by atoms with Crippen LogP contribution in [0.1, 0.15) is 36.0 Å². The van der Waals surface area contributed by atoms with Crippen molar-refractivity contribution in [1.29, 1.82) is 0 Å². The number of para-hydroxylation sites is 1. The van der Waals surface area contributed by atoms with E-state index in [1.54, 1.807) is 12.3 Å². The zero-order valence-electron chi connectivity index (χ0n) is 11.4. The van der Waals surface area contributed by atoms with Crippen molar-refractivity contribution < 1.29 is 4.79 Å². The van der Waals surface area contributed by atoms with Crippen LogP contribution in [0.4, 0.5) is 0 Å². The van der Waals surface area contributed by atoms with Crippen LogP contribution in [0.5, 0.6) is 0 Å². The molecule has 20 heavy (non-hydrogen) atoms. The number of carbonyl (C=O) groups excluding carboxylic acids is 1. The zero-order chi connectivity index (χ0) is 14.2. The minimum atomic E-state index is -0.0269. The van der Waals surface area contributed by atoms with Gasteiger partial charge >= 0.3 is 0 Å². The summed E-state index contributed by atoms with van der Waals surface area (Å²) in [6.07, 6.45) is 5.94. The number of amides is 1. The lowest BCUT2D eigenvalue weighted by Gasteiger charge is -2.07. The molecule has 0 saturated heterocycles. The number of nitrogens with zero attached hydrogens (tertiary/aromatic N) is 1. The Morgan fingerprint density at radius 3 is 2.75 bits per heavy atom. The van der Waals surface area contributed by atoms with Crippen LogP contribution in [0.2, 0.25) is 0 Å². The van der Waals surface area contributed by atoms with Gasteiger partial charge in [-0.1, -0.05) is 31.0 Å². The molecular weight excluding hydrogens is 272 g/mol. The second-order valence-corrected chi connectivity index (χ2v) is 5.11. The SMILES string of the molecule is O=C(NCCCCCCCl)c1ccnc2ccccc12. The highest BCUT2D eigenvalue weighted by Gasteiger charge is 2.09. The zero-order valence-corrected chi connectivity index (χ0v) is 12.2. The van der Waals surface area contributed by atoms with Gasteiger partial charge in [-0.2, -0.15) is 0 Å². The number of rotatable bonds is 7. The van der Waals surface area contributed by atoms with E-state index >= 15 is 0 Å². The number of fused-ring (bicyclic) bond motifs is 1. The minimum absolute atomic E-state index is 0.0269. The van der Waals surface area contributed by atoms with Crippen molar-refractivity contribution in [2.24, 2.45) is 0 Å². The van der Waals surface area contributed by atoms with Gasteiger partial charge in [0.2, 0.25) is 0 Å². The summed E-state index contributed by atoms with van der Waals surface area (Å²) in [5.41, 5.74) is 1.54. The van der Waals surface area contributed by atoms with Crippen LogP contribution in [-0.4, -0.2) is 23.3 Å². The van der Waals surface area contributed by atoms with Gasteiger partial charge in [-0.3, -0.25) is 9.78 Å². The molecule has 1 heterocycles. The van der Waals surface area contributed by atoms with E-state index in [9.17, 15) is 4.79 Å². The van der Waals surface area contributed by atoms with E-state index < -0.39 is 0 Å². The molecule has 2 rings (SSSR count). The quantitative estimate of drug-likeness (QED) is 0.623. The smallest absolute Gasteiger partial charge is 0.252 e. The monoisotopic (exact) mass is 290 g/mol. The molecule has 0 radical (unpaired) electrons. The Kier molecular flexibility index (Phi) is 5.81. The van der Waals surface area contributed by atoms with Gasteiger partial charge in [0.05, 0.1) is 11.1 Å². The van der Waals surface area contributed by atoms with Gasteiger partial charge in [0.15, 0.2) is 0 Å². The summed E-state index contributed by atoms with van der Waals surface area (Å²) in [4.78, 5) is 16.4. The Morgan fingerprint density at radius 1 is 1.10 bits per heavy atom. The molecule has 0 unspecified atom stereocenters. The first-order valence-electron chi connectivity index (χ1n) is 7.01. The van der Waals surface area contributed by atoms with Crippen molar-refractivity contribution in [2.45, 2.75) is 25.7 Å². The van der Waals surface area contributed by atoms with Crippen LogP contribution >= 0.6 is 11.6 Å². The van der Waals surface area contributed by atoms with E-state index in [-0.39, 0.29) is 5.91 Å². The number of pyridine rings is 1. The number of hydrogen-bond acceptors (Lipinski definition) is 2. The van der Waals surface area contributed by atoms with Gasteiger partial charge in [0, 0.05) is 24.0 Å². The minimum Gasteiger partial charge on any atom is -0.352 e. The Balaban J connectivity index is 1.91. The van der Waals surface area contributed by atoms with Crippen molar-refractivity contribution in [3.8, 4) is 0 Å². The fourth-order valence-electron chi connectivity index (χ4n) is 2.16. The molecule has 1 aromatic carbocycles. The summed E-state index contributed by atoms with van der Waals surface area (Å²) in [7, 11) is 0. The van der Waals surface area contributed by atoms with Crippen LogP contribution in [0, 0.1) is 0 Å². The number of carbonyl (C=O) groups is 1. The van der Waals surface area contributed by atoms with Crippen LogP contribution < -0.4 is 5.32 Å². The molecule has 1 N–H and O–H groups in total. The van der Waals surface area contributed by atoms with Crippen molar-refractivity contribution in [1.82, 2.24) is 10.3 Å². The van der Waals surface area contributed by atoms with Gasteiger partial charge in [-0.25, -0.2) is 0 Å². The van der Waals surface area contributed by atoms with E-state index in [2.05, 4.69) is 10.3 Å². The molecule has 0 saturated carbocycles. The normalized spacial score (nSPS) is 10.7. The number of hydrogen-bond donors (Lipinski definition) is 1. The van der Waals surface area contributed by atoms with Gasteiger partial charge in [-0.05, 0) is 25.0 Å². The average molecular weight is 291 g/mol. The maximum atomic E-state index is 12.2. The molecule has 0 spiro atoms. The third-order valence-electron chi connectivity index (χ3n) is 3.24. The standard InChI is InChI=1S/C16H19ClN2O/c17-10-5-1-2-6-11-19-16(20)14-9-12-18-15-8-4-3-7-13(14)15/h3-4,7-9,12H,1-2,5-6,10-11H2,(H,19,20). The number of aromatic nitrogens is 1. The van der Waals surface area contributed by atoms with Crippen LogP contribution in [0.25, 0.3) is 10.9 Å². The van der Waals surface area contributed by atoms with E-state index in [4.69, 9.17) is 11.6 Å². The number of halogens is 1. The van der Waals surface area contributed by atoms with E-state index in [1.807, 2.05) is 24.3 Å².